The van der Waals surface area contributed by atoms with E-state index in [-0.39, 0.29) is 17.8 Å². The highest BCUT2D eigenvalue weighted by Crippen LogP contribution is 2.38. The quantitative estimate of drug-likeness (QED) is 0.500. The third kappa shape index (κ3) is 3.59. The average molecular weight is 379 g/mol. The first-order valence-corrected chi connectivity index (χ1v) is 7.72. The number of carbonyl (C=O) groups excluding carboxylic acids is 2. The summed E-state index contributed by atoms with van der Waals surface area (Å²) in [7, 11) is 0. The zero-order valence-electron chi connectivity index (χ0n) is 13.6. The van der Waals surface area contributed by atoms with Crippen LogP contribution in [0.5, 0.6) is 0 Å². The summed E-state index contributed by atoms with van der Waals surface area (Å²) in [5, 5.41) is 13.5. The van der Waals surface area contributed by atoms with Crippen LogP contribution in [0.25, 0.3) is 0 Å². The molecule has 1 atom stereocenters. The van der Waals surface area contributed by atoms with E-state index in [9.17, 15) is 32.9 Å². The molecule has 2 amide bonds. The van der Waals surface area contributed by atoms with Gasteiger partial charge in [0.05, 0.1) is 22.6 Å². The first-order chi connectivity index (χ1) is 12.7. The fourth-order valence-electron chi connectivity index (χ4n) is 2.82. The lowest BCUT2D eigenvalue weighted by atomic mass is 10.1. The van der Waals surface area contributed by atoms with Crippen LogP contribution in [0.3, 0.4) is 0 Å². The molecule has 10 heteroatoms. The molecule has 1 fully saturated rings. The SMILES string of the molecule is O=C1C[C@@H](Nc2cccc([N+](=O)[O-])c2)C(=O)N1c1ccccc1C(F)(F)F. The first kappa shape index (κ1) is 18.4. The molecule has 1 aliphatic rings. The normalized spacial score (nSPS) is 17.3. The summed E-state index contributed by atoms with van der Waals surface area (Å²) in [6.07, 6.45) is -5.10. The van der Waals surface area contributed by atoms with Crippen LogP contribution in [0.1, 0.15) is 12.0 Å². The number of amides is 2. The lowest BCUT2D eigenvalue weighted by Gasteiger charge is -2.20. The van der Waals surface area contributed by atoms with E-state index < -0.39 is 40.2 Å². The Labute approximate surface area is 150 Å². The van der Waals surface area contributed by atoms with Crippen molar-refractivity contribution in [2.45, 2.75) is 18.6 Å². The van der Waals surface area contributed by atoms with Gasteiger partial charge in [-0.2, -0.15) is 13.2 Å². The molecule has 0 bridgehead atoms. The Hall–Kier alpha value is -3.43. The summed E-state index contributed by atoms with van der Waals surface area (Å²) >= 11 is 0. The molecule has 0 unspecified atom stereocenters. The van der Waals surface area contributed by atoms with E-state index >= 15 is 0 Å². The van der Waals surface area contributed by atoms with Gasteiger partial charge >= 0.3 is 6.18 Å². The van der Waals surface area contributed by atoms with Crippen LogP contribution in [0.2, 0.25) is 0 Å². The van der Waals surface area contributed by atoms with Gasteiger partial charge in [-0.05, 0) is 18.2 Å². The third-order valence-corrected chi connectivity index (χ3v) is 3.99. The molecule has 0 radical (unpaired) electrons. The standard InChI is InChI=1S/C17H12F3N3O4/c18-17(19,20)12-6-1-2-7-14(12)22-15(24)9-13(16(22)25)21-10-4-3-5-11(8-10)23(26)27/h1-8,13,21H,9H2/t13-/m1/s1. The molecule has 1 heterocycles. The maximum absolute atomic E-state index is 13.2. The molecule has 2 aromatic carbocycles. The number of nitro groups is 1. The summed E-state index contributed by atoms with van der Waals surface area (Å²) < 4.78 is 39.6. The fraction of sp³-hybridized carbons (Fsp3) is 0.176. The van der Waals surface area contributed by atoms with Crippen molar-refractivity contribution >= 4 is 28.9 Å². The van der Waals surface area contributed by atoms with Crippen LogP contribution in [0.4, 0.5) is 30.2 Å². The smallest absolute Gasteiger partial charge is 0.373 e. The lowest BCUT2D eigenvalue weighted by Crippen LogP contribution is -2.36. The number of hydrogen-bond donors (Lipinski definition) is 1. The minimum atomic E-state index is -4.73. The molecule has 1 saturated heterocycles. The molecule has 7 nitrogen and oxygen atoms in total. The summed E-state index contributed by atoms with van der Waals surface area (Å²) in [6, 6.07) is 8.44. The maximum Gasteiger partial charge on any atom is 0.418 e. The predicted molar refractivity (Wildman–Crippen MR) is 89.1 cm³/mol. The zero-order valence-corrected chi connectivity index (χ0v) is 13.6. The minimum Gasteiger partial charge on any atom is -0.373 e. The van der Waals surface area contributed by atoms with Gasteiger partial charge in [0.2, 0.25) is 5.91 Å². The van der Waals surface area contributed by atoms with Crippen molar-refractivity contribution in [2.24, 2.45) is 0 Å². The van der Waals surface area contributed by atoms with E-state index in [1.807, 2.05) is 0 Å². The third-order valence-electron chi connectivity index (χ3n) is 3.99. The summed E-state index contributed by atoms with van der Waals surface area (Å²) in [4.78, 5) is 35.5. The van der Waals surface area contributed by atoms with E-state index in [0.29, 0.717) is 4.90 Å². The molecule has 3 rings (SSSR count). The highest BCUT2D eigenvalue weighted by molar-refractivity contribution is 6.23. The topological polar surface area (TPSA) is 92.5 Å². The van der Waals surface area contributed by atoms with Gasteiger partial charge in [-0.15, -0.1) is 0 Å². The minimum absolute atomic E-state index is 0.210. The Morgan fingerprint density at radius 1 is 1.11 bits per heavy atom. The van der Waals surface area contributed by atoms with E-state index in [1.165, 1.54) is 30.3 Å². The Morgan fingerprint density at radius 3 is 2.48 bits per heavy atom. The van der Waals surface area contributed by atoms with Gasteiger partial charge in [0, 0.05) is 17.8 Å². The highest BCUT2D eigenvalue weighted by atomic mass is 19.4. The lowest BCUT2D eigenvalue weighted by molar-refractivity contribution is -0.384. The molecule has 140 valence electrons. The summed E-state index contributed by atoms with van der Waals surface area (Å²) in [5.74, 6) is -1.65. The van der Waals surface area contributed by atoms with E-state index in [4.69, 9.17) is 0 Å². The molecule has 1 N–H and O–H groups in total. The van der Waals surface area contributed by atoms with Gasteiger partial charge in [-0.3, -0.25) is 19.7 Å². The van der Waals surface area contributed by atoms with Crippen LogP contribution in [-0.2, 0) is 15.8 Å². The predicted octanol–water partition coefficient (Wildman–Crippen LogP) is 3.36. The number of benzene rings is 2. The van der Waals surface area contributed by atoms with Crippen molar-refractivity contribution in [3.63, 3.8) is 0 Å². The number of nitro benzene ring substituents is 1. The maximum atomic E-state index is 13.2. The molecule has 27 heavy (non-hydrogen) atoms. The van der Waals surface area contributed by atoms with Gasteiger partial charge in [0.1, 0.15) is 6.04 Å². The number of nitrogens with zero attached hydrogens (tertiary/aromatic N) is 2. The Kier molecular flexibility index (Phi) is 4.56. The second kappa shape index (κ2) is 6.71. The number of para-hydroxylation sites is 1. The van der Waals surface area contributed by atoms with Gasteiger partial charge in [0.15, 0.2) is 0 Å². The van der Waals surface area contributed by atoms with Crippen LogP contribution >= 0.6 is 0 Å². The van der Waals surface area contributed by atoms with Crippen molar-refractivity contribution in [3.8, 4) is 0 Å². The number of carbonyl (C=O) groups is 2. The molecule has 0 spiro atoms. The number of rotatable bonds is 4. The van der Waals surface area contributed by atoms with E-state index in [2.05, 4.69) is 5.32 Å². The monoisotopic (exact) mass is 379 g/mol. The Balaban J connectivity index is 1.89. The number of halogens is 3. The molecule has 2 aromatic rings. The van der Waals surface area contributed by atoms with Crippen molar-refractivity contribution in [1.82, 2.24) is 0 Å². The number of non-ortho nitro benzene ring substituents is 1. The Bertz CT molecular complexity index is 930. The molecule has 0 saturated carbocycles. The first-order valence-electron chi connectivity index (χ1n) is 7.72. The largest absolute Gasteiger partial charge is 0.418 e. The van der Waals surface area contributed by atoms with E-state index in [1.54, 1.807) is 0 Å². The number of anilines is 2. The van der Waals surface area contributed by atoms with E-state index in [0.717, 1.165) is 18.2 Å². The van der Waals surface area contributed by atoms with Gasteiger partial charge in [0.25, 0.3) is 11.6 Å². The zero-order chi connectivity index (χ0) is 19.8. The van der Waals surface area contributed by atoms with Crippen molar-refractivity contribution in [1.29, 1.82) is 0 Å². The number of nitrogens with one attached hydrogen (secondary N) is 1. The van der Waals surface area contributed by atoms with Gasteiger partial charge in [-0.1, -0.05) is 18.2 Å². The second-order valence-corrected chi connectivity index (χ2v) is 5.79. The summed E-state index contributed by atoms with van der Waals surface area (Å²) in [6.45, 7) is 0. The van der Waals surface area contributed by atoms with Gasteiger partial charge < -0.3 is 5.32 Å². The fourth-order valence-corrected chi connectivity index (χ4v) is 2.82. The van der Waals surface area contributed by atoms with Crippen molar-refractivity contribution < 1.29 is 27.7 Å². The average Bonchev–Trinajstić information content (AvgIpc) is 2.88. The Morgan fingerprint density at radius 2 is 1.81 bits per heavy atom. The molecule has 0 aliphatic carbocycles. The van der Waals surface area contributed by atoms with Crippen LogP contribution < -0.4 is 10.2 Å². The molecule has 0 aromatic heterocycles. The van der Waals surface area contributed by atoms with Gasteiger partial charge in [-0.25, -0.2) is 4.90 Å². The van der Waals surface area contributed by atoms with Crippen molar-refractivity contribution in [2.75, 3.05) is 10.2 Å². The number of imide groups is 1. The van der Waals surface area contributed by atoms with Crippen molar-refractivity contribution in [3.05, 3.63) is 64.2 Å². The second-order valence-electron chi connectivity index (χ2n) is 5.79. The summed E-state index contributed by atoms with van der Waals surface area (Å²) in [5.41, 5.74) is -1.65. The van der Waals surface area contributed by atoms with Crippen LogP contribution in [0, 0.1) is 10.1 Å². The molecular formula is C17H12F3N3O4. The van der Waals surface area contributed by atoms with Crippen LogP contribution in [0.15, 0.2) is 48.5 Å². The number of hydrogen-bond acceptors (Lipinski definition) is 5. The number of alkyl halides is 3. The highest BCUT2D eigenvalue weighted by Gasteiger charge is 2.44. The molecule has 1 aliphatic heterocycles. The molecular weight excluding hydrogens is 367 g/mol. The van der Waals surface area contributed by atoms with Crippen LogP contribution in [-0.4, -0.2) is 22.8 Å².